The lowest BCUT2D eigenvalue weighted by atomic mass is 9.94. The zero-order valence-corrected chi connectivity index (χ0v) is 18.1. The Bertz CT molecular complexity index is 1220. The number of amides is 1. The van der Waals surface area contributed by atoms with Crippen molar-refractivity contribution < 1.29 is 29.3 Å². The Morgan fingerprint density at radius 2 is 1.73 bits per heavy atom. The van der Waals surface area contributed by atoms with E-state index in [2.05, 4.69) is 4.98 Å². The molecule has 8 heteroatoms. The highest BCUT2D eigenvalue weighted by Crippen LogP contribution is 2.44. The Balaban J connectivity index is 1.94. The zero-order valence-electron chi connectivity index (χ0n) is 18.1. The van der Waals surface area contributed by atoms with Crippen LogP contribution in [0.25, 0.3) is 5.76 Å². The van der Waals surface area contributed by atoms with E-state index in [0.29, 0.717) is 11.1 Å². The number of methoxy groups -OCH3 is 2. The molecule has 0 aliphatic carbocycles. The van der Waals surface area contributed by atoms with Crippen molar-refractivity contribution in [3.05, 3.63) is 89.3 Å². The van der Waals surface area contributed by atoms with Crippen LogP contribution in [0.4, 0.5) is 0 Å². The Kier molecular flexibility index (Phi) is 5.99. The number of aliphatic hydroxyl groups excluding tert-OH is 1. The first kappa shape index (κ1) is 21.9. The first-order valence-electron chi connectivity index (χ1n) is 10.1. The van der Waals surface area contributed by atoms with Gasteiger partial charge < -0.3 is 24.6 Å². The van der Waals surface area contributed by atoms with Crippen LogP contribution in [0.3, 0.4) is 0 Å². The maximum atomic E-state index is 13.2. The Labute approximate surface area is 190 Å². The minimum absolute atomic E-state index is 0.0330. The maximum Gasteiger partial charge on any atom is 0.295 e. The summed E-state index contributed by atoms with van der Waals surface area (Å²) in [6.45, 7) is 0.0819. The van der Waals surface area contributed by atoms with Crippen LogP contribution in [0.2, 0.25) is 0 Å². The van der Waals surface area contributed by atoms with Gasteiger partial charge in [-0.3, -0.25) is 14.6 Å². The summed E-state index contributed by atoms with van der Waals surface area (Å²) in [6.07, 6.45) is 3.21. The van der Waals surface area contributed by atoms with Gasteiger partial charge in [0.1, 0.15) is 28.6 Å². The van der Waals surface area contributed by atoms with Crippen LogP contribution in [-0.2, 0) is 16.1 Å². The Morgan fingerprint density at radius 1 is 1.03 bits per heavy atom. The van der Waals surface area contributed by atoms with Crippen molar-refractivity contribution in [1.82, 2.24) is 9.88 Å². The molecule has 1 atom stereocenters. The smallest absolute Gasteiger partial charge is 0.295 e. The average molecular weight is 446 g/mol. The molecule has 1 saturated heterocycles. The molecule has 1 fully saturated rings. The quantitative estimate of drug-likeness (QED) is 0.339. The van der Waals surface area contributed by atoms with Gasteiger partial charge in [0.15, 0.2) is 0 Å². The summed E-state index contributed by atoms with van der Waals surface area (Å²) in [5.41, 5.74) is 1.21. The second-order valence-corrected chi connectivity index (χ2v) is 7.42. The highest BCUT2D eigenvalue weighted by Gasteiger charge is 2.46. The van der Waals surface area contributed by atoms with E-state index in [1.165, 1.54) is 31.3 Å². The summed E-state index contributed by atoms with van der Waals surface area (Å²) in [7, 11) is 2.86. The molecule has 0 radical (unpaired) electrons. The van der Waals surface area contributed by atoms with E-state index >= 15 is 0 Å². The highest BCUT2D eigenvalue weighted by atomic mass is 16.5. The van der Waals surface area contributed by atoms with Gasteiger partial charge in [-0.15, -0.1) is 0 Å². The molecule has 2 heterocycles. The number of carbonyl (C=O) groups is 2. The molecular weight excluding hydrogens is 424 g/mol. The number of aromatic nitrogens is 1. The minimum atomic E-state index is -0.952. The van der Waals surface area contributed by atoms with Crippen molar-refractivity contribution in [1.29, 1.82) is 0 Å². The van der Waals surface area contributed by atoms with Gasteiger partial charge in [0.2, 0.25) is 0 Å². The number of Topliss-reactive ketones (excluding diaryl/α,β-unsaturated/α-hetero) is 1. The molecule has 4 rings (SSSR count). The largest absolute Gasteiger partial charge is 0.508 e. The molecule has 8 nitrogen and oxygen atoms in total. The number of phenolic OH excluding ortho intramolecular Hbond substituents is 1. The third-order valence-corrected chi connectivity index (χ3v) is 5.47. The third kappa shape index (κ3) is 3.98. The lowest BCUT2D eigenvalue weighted by molar-refractivity contribution is -0.140. The van der Waals surface area contributed by atoms with Gasteiger partial charge >= 0.3 is 0 Å². The van der Waals surface area contributed by atoms with Crippen LogP contribution >= 0.6 is 0 Å². The number of carbonyl (C=O) groups excluding carboxylic acids is 2. The number of aliphatic hydroxyl groups is 1. The van der Waals surface area contributed by atoms with Crippen LogP contribution in [0, 0.1) is 0 Å². The molecule has 2 N–H and O–H groups in total. The van der Waals surface area contributed by atoms with Gasteiger partial charge in [0, 0.05) is 18.9 Å². The predicted molar refractivity (Wildman–Crippen MR) is 120 cm³/mol. The number of benzene rings is 2. The number of aromatic hydroxyl groups is 1. The molecule has 0 saturated carbocycles. The highest BCUT2D eigenvalue weighted by molar-refractivity contribution is 6.46. The van der Waals surface area contributed by atoms with E-state index in [0.717, 1.165) is 0 Å². The Morgan fingerprint density at radius 3 is 2.33 bits per heavy atom. The van der Waals surface area contributed by atoms with Crippen molar-refractivity contribution in [2.24, 2.45) is 0 Å². The molecule has 1 unspecified atom stereocenters. The Hall–Kier alpha value is -4.33. The van der Waals surface area contributed by atoms with Gasteiger partial charge in [-0.25, -0.2) is 0 Å². The number of pyridine rings is 1. The number of phenols is 1. The van der Waals surface area contributed by atoms with E-state index in [1.807, 2.05) is 0 Å². The van der Waals surface area contributed by atoms with Gasteiger partial charge in [-0.2, -0.15) is 0 Å². The second kappa shape index (κ2) is 9.04. The second-order valence-electron chi connectivity index (χ2n) is 7.42. The summed E-state index contributed by atoms with van der Waals surface area (Å²) >= 11 is 0. The SMILES string of the molecule is COc1cccc(OC)c1/C(O)=C1\C(=O)C(=O)N(Cc2cccnc2)C1c1cccc(O)c1. The molecule has 2 aromatic carbocycles. The lowest BCUT2D eigenvalue weighted by Crippen LogP contribution is -2.29. The number of likely N-dealkylation sites (tertiary alicyclic amines) is 1. The van der Waals surface area contributed by atoms with Crippen LogP contribution in [0.1, 0.15) is 22.7 Å². The van der Waals surface area contributed by atoms with Crippen molar-refractivity contribution in [3.8, 4) is 17.2 Å². The monoisotopic (exact) mass is 446 g/mol. The molecule has 33 heavy (non-hydrogen) atoms. The molecule has 1 amide bonds. The first-order valence-corrected chi connectivity index (χ1v) is 10.1. The molecule has 1 aliphatic heterocycles. The maximum absolute atomic E-state index is 13.2. The van der Waals surface area contributed by atoms with Crippen LogP contribution < -0.4 is 9.47 Å². The first-order chi connectivity index (χ1) is 16.0. The molecule has 1 aromatic heterocycles. The third-order valence-electron chi connectivity index (χ3n) is 5.47. The van der Waals surface area contributed by atoms with Crippen LogP contribution in [-0.4, -0.2) is 46.0 Å². The standard InChI is InChI=1S/C25H22N2O6/c1-32-18-9-4-10-19(33-2)20(18)23(29)21-22(16-7-3-8-17(28)12-16)27(25(31)24(21)30)14-15-6-5-11-26-13-15/h3-13,22,28-29H,14H2,1-2H3/b23-21+. The molecule has 168 valence electrons. The summed E-state index contributed by atoms with van der Waals surface area (Å²) < 4.78 is 10.8. The van der Waals surface area contributed by atoms with Crippen LogP contribution in [0.15, 0.2) is 72.6 Å². The number of ketones is 1. The van der Waals surface area contributed by atoms with Gasteiger partial charge in [0.05, 0.1) is 25.8 Å². The number of rotatable bonds is 6. The minimum Gasteiger partial charge on any atom is -0.508 e. The van der Waals surface area contributed by atoms with Crippen molar-refractivity contribution in [2.45, 2.75) is 12.6 Å². The van der Waals surface area contributed by atoms with Gasteiger partial charge in [-0.1, -0.05) is 24.3 Å². The molecule has 0 bridgehead atoms. The average Bonchev–Trinajstić information content (AvgIpc) is 3.08. The summed E-state index contributed by atoms with van der Waals surface area (Å²) in [4.78, 5) is 31.8. The fourth-order valence-electron chi connectivity index (χ4n) is 3.99. The van der Waals surface area contributed by atoms with Gasteiger partial charge in [-0.05, 0) is 41.5 Å². The van der Waals surface area contributed by atoms with Crippen molar-refractivity contribution >= 4 is 17.4 Å². The fourth-order valence-corrected chi connectivity index (χ4v) is 3.99. The van der Waals surface area contributed by atoms with E-state index in [-0.39, 0.29) is 34.9 Å². The lowest BCUT2D eigenvalue weighted by Gasteiger charge is -2.25. The summed E-state index contributed by atoms with van der Waals surface area (Å²) in [6, 6.07) is 13.7. The molecule has 3 aromatic rings. The topological polar surface area (TPSA) is 109 Å². The predicted octanol–water partition coefficient (Wildman–Crippen LogP) is 3.43. The van der Waals surface area contributed by atoms with Crippen molar-refractivity contribution in [3.63, 3.8) is 0 Å². The van der Waals surface area contributed by atoms with Crippen molar-refractivity contribution in [2.75, 3.05) is 14.2 Å². The number of hydrogen-bond acceptors (Lipinski definition) is 7. The molecular formula is C25H22N2O6. The number of hydrogen-bond donors (Lipinski definition) is 2. The zero-order chi connectivity index (χ0) is 23.5. The number of ether oxygens (including phenoxy) is 2. The summed E-state index contributed by atoms with van der Waals surface area (Å²) in [5, 5.41) is 21.4. The van der Waals surface area contributed by atoms with E-state index in [1.54, 1.807) is 54.9 Å². The van der Waals surface area contributed by atoms with Gasteiger partial charge in [0.25, 0.3) is 11.7 Å². The van der Waals surface area contributed by atoms with E-state index < -0.39 is 23.5 Å². The molecule has 1 aliphatic rings. The number of nitrogens with zero attached hydrogens (tertiary/aromatic N) is 2. The van der Waals surface area contributed by atoms with Crippen LogP contribution in [0.5, 0.6) is 17.2 Å². The van der Waals surface area contributed by atoms with E-state index in [9.17, 15) is 19.8 Å². The van der Waals surface area contributed by atoms with E-state index in [4.69, 9.17) is 9.47 Å². The fraction of sp³-hybridized carbons (Fsp3) is 0.160. The molecule has 0 spiro atoms. The summed E-state index contributed by atoms with van der Waals surface area (Å²) in [5.74, 6) is -1.53. The normalized spacial score (nSPS) is 17.3.